The van der Waals surface area contributed by atoms with E-state index in [4.69, 9.17) is 23.2 Å². The van der Waals surface area contributed by atoms with Crippen LogP contribution in [-0.4, -0.2) is 22.4 Å². The molecular weight excluding hydrogens is 609 g/mol. The molecular formula is C29H21Cl2F4N7O. The van der Waals surface area contributed by atoms with Gasteiger partial charge in [0.05, 0.1) is 45.6 Å². The molecule has 0 unspecified atom stereocenters. The molecule has 1 aliphatic carbocycles. The third-order valence-corrected chi connectivity index (χ3v) is 7.28. The van der Waals surface area contributed by atoms with E-state index in [1.807, 2.05) is 11.1 Å². The molecule has 1 aliphatic heterocycles. The molecule has 1 saturated carbocycles. The minimum atomic E-state index is -5.04. The Morgan fingerprint density at radius 3 is 2.60 bits per heavy atom. The van der Waals surface area contributed by atoms with E-state index >= 15 is 0 Å². The first-order valence-corrected chi connectivity index (χ1v) is 13.6. The fourth-order valence-corrected chi connectivity index (χ4v) is 5.05. The van der Waals surface area contributed by atoms with Crippen LogP contribution in [0.4, 0.5) is 34.6 Å². The van der Waals surface area contributed by atoms with E-state index in [9.17, 15) is 24.2 Å². The smallest absolute Gasteiger partial charge is 0.402 e. The van der Waals surface area contributed by atoms with Crippen LogP contribution in [0.3, 0.4) is 0 Å². The maximum atomic E-state index is 13.9. The number of nitriles is 1. The minimum absolute atomic E-state index is 0.0104. The zero-order valence-electron chi connectivity index (χ0n) is 22.9. The zero-order valence-corrected chi connectivity index (χ0v) is 23.4. The lowest BCUT2D eigenvalue weighted by Gasteiger charge is -2.22. The lowest BCUT2D eigenvalue weighted by atomic mass is 10.0. The van der Waals surface area contributed by atoms with E-state index in [0.29, 0.717) is 16.9 Å². The third-order valence-electron chi connectivity index (χ3n) is 6.69. The fourth-order valence-electron chi connectivity index (χ4n) is 4.57. The van der Waals surface area contributed by atoms with E-state index in [1.165, 1.54) is 54.7 Å². The van der Waals surface area contributed by atoms with Crippen molar-refractivity contribution < 1.29 is 23.7 Å². The lowest BCUT2D eigenvalue weighted by molar-refractivity contribution is -0.274. The van der Waals surface area contributed by atoms with Crippen molar-refractivity contribution in [2.75, 3.05) is 10.6 Å². The second kappa shape index (κ2) is 11.3. The van der Waals surface area contributed by atoms with Crippen LogP contribution >= 0.6 is 23.2 Å². The number of aromatic nitrogens is 1. The van der Waals surface area contributed by atoms with Gasteiger partial charge in [-0.2, -0.15) is 5.26 Å². The zero-order chi connectivity index (χ0) is 31.2. The molecule has 8 nitrogen and oxygen atoms in total. The summed E-state index contributed by atoms with van der Waals surface area (Å²) in [6, 6.07) is 13.0. The van der Waals surface area contributed by atoms with Crippen LogP contribution in [0.25, 0.3) is 10.9 Å². The van der Waals surface area contributed by atoms with Gasteiger partial charge in [-0.15, -0.1) is 18.7 Å². The molecule has 1 aromatic heterocycles. The number of nitrogens with zero attached hydrogens (tertiary/aromatic N) is 3. The Balaban J connectivity index is 1.46. The number of ether oxygens (including phenoxy) is 1. The third kappa shape index (κ3) is 6.19. The Morgan fingerprint density at radius 1 is 1.14 bits per heavy atom. The maximum Gasteiger partial charge on any atom is 0.573 e. The first-order chi connectivity index (χ1) is 20.9. The molecule has 6 rings (SSSR count). The summed E-state index contributed by atoms with van der Waals surface area (Å²) in [5.74, 6) is -1.17. The SMILES string of the molecule is [2H][C@](Nc1cc(Cl)c2ncc(C#N)c(Nc3cccc(Cl)c3OC(F)(F)F)c2c1)(C1=CN(C2CC2)NN1)c1ccc(F)cc1. The molecule has 4 N–H and O–H groups in total. The molecule has 1 atom stereocenters. The first kappa shape index (κ1) is 27.4. The van der Waals surface area contributed by atoms with Gasteiger partial charge in [0.2, 0.25) is 0 Å². The second-order valence-electron chi connectivity index (χ2n) is 9.73. The van der Waals surface area contributed by atoms with Crippen LogP contribution in [0.1, 0.15) is 31.4 Å². The van der Waals surface area contributed by atoms with Crippen LogP contribution in [0, 0.1) is 17.1 Å². The van der Waals surface area contributed by atoms with Gasteiger partial charge >= 0.3 is 6.36 Å². The number of hydrazine groups is 2. The number of fused-ring (bicyclic) bond motifs is 1. The molecule has 2 aliphatic rings. The average molecular weight is 631 g/mol. The Bertz CT molecular complexity index is 1830. The summed E-state index contributed by atoms with van der Waals surface area (Å²) in [6.07, 6.45) is -0.0739. The lowest BCUT2D eigenvalue weighted by Crippen LogP contribution is -2.38. The second-order valence-corrected chi connectivity index (χ2v) is 10.5. The average Bonchev–Trinajstić information content (AvgIpc) is 3.70. The van der Waals surface area contributed by atoms with E-state index in [1.54, 1.807) is 12.3 Å². The van der Waals surface area contributed by atoms with Gasteiger partial charge in [-0.1, -0.05) is 41.4 Å². The van der Waals surface area contributed by atoms with Gasteiger partial charge in [0.15, 0.2) is 5.75 Å². The largest absolute Gasteiger partial charge is 0.573 e. The number of pyridine rings is 1. The number of nitrogens with one attached hydrogen (secondary N) is 4. The minimum Gasteiger partial charge on any atom is -0.402 e. The first-order valence-electron chi connectivity index (χ1n) is 13.4. The fraction of sp³-hybridized carbons (Fsp3) is 0.172. The van der Waals surface area contributed by atoms with Gasteiger partial charge in [0, 0.05) is 29.5 Å². The van der Waals surface area contributed by atoms with Crippen molar-refractivity contribution in [1.29, 1.82) is 5.26 Å². The van der Waals surface area contributed by atoms with Gasteiger partial charge in [-0.25, -0.2) is 4.39 Å². The van der Waals surface area contributed by atoms with E-state index < -0.39 is 23.9 Å². The van der Waals surface area contributed by atoms with Crippen LogP contribution in [0.2, 0.25) is 10.0 Å². The molecule has 2 heterocycles. The Labute approximate surface area is 254 Å². The summed E-state index contributed by atoms with van der Waals surface area (Å²) < 4.78 is 67.2. The molecule has 0 saturated heterocycles. The molecule has 0 radical (unpaired) electrons. The maximum absolute atomic E-state index is 13.9. The molecule has 14 heteroatoms. The molecule has 43 heavy (non-hydrogen) atoms. The molecule has 0 amide bonds. The highest BCUT2D eigenvalue weighted by Crippen LogP contribution is 2.42. The highest BCUT2D eigenvalue weighted by Gasteiger charge is 2.34. The standard InChI is InChI=1S/C29H21Cl2F4N7O/c30-21-2-1-3-23(28(21)43-29(33,34)35)39-25-16(12-36)13-37-27-20(25)10-18(11-22(27)31)38-26(15-4-6-17(32)7-5-15)24-14-42(41-40-24)19-8-9-19/h1-7,10-11,13-14,19,26,38,40-41H,8-9H2,(H,37,39)/t26-/m1/s1/i26D. The summed E-state index contributed by atoms with van der Waals surface area (Å²) in [5.41, 5.74) is 7.28. The highest BCUT2D eigenvalue weighted by molar-refractivity contribution is 6.36. The predicted molar refractivity (Wildman–Crippen MR) is 155 cm³/mol. The van der Waals surface area contributed by atoms with Gasteiger partial charge < -0.3 is 20.8 Å². The number of anilines is 3. The molecule has 0 spiro atoms. The highest BCUT2D eigenvalue weighted by atomic mass is 35.5. The molecule has 3 aromatic carbocycles. The number of para-hydroxylation sites is 1. The number of halogens is 6. The van der Waals surface area contributed by atoms with Crippen molar-refractivity contribution in [2.45, 2.75) is 31.3 Å². The summed E-state index contributed by atoms with van der Waals surface area (Å²) in [6.45, 7) is 0. The van der Waals surface area contributed by atoms with Crippen molar-refractivity contribution in [3.05, 3.63) is 99.7 Å². The number of hydrogen-bond donors (Lipinski definition) is 4. The van der Waals surface area contributed by atoms with Crippen LogP contribution in [-0.2, 0) is 0 Å². The van der Waals surface area contributed by atoms with Crippen molar-refractivity contribution in [3.8, 4) is 11.8 Å². The van der Waals surface area contributed by atoms with Crippen LogP contribution < -0.4 is 26.3 Å². The molecule has 0 bridgehead atoms. The molecule has 1 fully saturated rings. The number of alkyl halides is 3. The number of benzene rings is 3. The quantitative estimate of drug-likeness (QED) is 0.147. The van der Waals surface area contributed by atoms with Gasteiger partial charge in [-0.05, 0) is 54.8 Å². The Hall–Kier alpha value is -4.44. The molecule has 220 valence electrons. The van der Waals surface area contributed by atoms with Gasteiger partial charge in [0.1, 0.15) is 11.9 Å². The summed E-state index contributed by atoms with van der Waals surface area (Å²) >= 11 is 12.7. The number of rotatable bonds is 8. The van der Waals surface area contributed by atoms with Crippen molar-refractivity contribution >= 4 is 51.2 Å². The Kier molecular flexibility index (Phi) is 7.22. The summed E-state index contributed by atoms with van der Waals surface area (Å²) in [5, 5.41) is 17.8. The van der Waals surface area contributed by atoms with E-state index in [-0.39, 0.29) is 43.9 Å². The predicted octanol–water partition coefficient (Wildman–Crippen LogP) is 7.68. The van der Waals surface area contributed by atoms with Gasteiger partial charge in [0.25, 0.3) is 0 Å². The summed E-state index contributed by atoms with van der Waals surface area (Å²) in [4.78, 5) is 4.28. The van der Waals surface area contributed by atoms with Crippen molar-refractivity contribution in [3.63, 3.8) is 0 Å². The molecule has 4 aromatic rings. The van der Waals surface area contributed by atoms with E-state index in [0.717, 1.165) is 12.8 Å². The van der Waals surface area contributed by atoms with Crippen LogP contribution in [0.15, 0.2) is 72.7 Å². The van der Waals surface area contributed by atoms with Gasteiger partial charge in [-0.3, -0.25) is 9.99 Å². The van der Waals surface area contributed by atoms with E-state index in [2.05, 4.69) is 31.3 Å². The Morgan fingerprint density at radius 2 is 1.91 bits per heavy atom. The van der Waals surface area contributed by atoms with Crippen molar-refractivity contribution in [2.24, 2.45) is 0 Å². The normalized spacial score (nSPS) is 16.5. The monoisotopic (exact) mass is 630 g/mol. The number of hydrogen-bond acceptors (Lipinski definition) is 8. The van der Waals surface area contributed by atoms with Crippen LogP contribution in [0.5, 0.6) is 5.75 Å². The topological polar surface area (TPSA) is 97.3 Å². The van der Waals surface area contributed by atoms with Crippen molar-refractivity contribution in [1.82, 2.24) is 21.0 Å². The summed E-state index contributed by atoms with van der Waals surface area (Å²) in [7, 11) is 0.